The van der Waals surface area contributed by atoms with E-state index in [9.17, 15) is 9.59 Å². The van der Waals surface area contributed by atoms with Gasteiger partial charge >= 0.3 is 6.03 Å². The number of halogens is 1. The molecule has 1 aromatic rings. The minimum absolute atomic E-state index is 0. The second-order valence-corrected chi connectivity index (χ2v) is 5.35. The molecule has 0 aliphatic carbocycles. The SMILES string of the molecule is CC(NC(=O)CCCCCCN)c1ccc(NC(N)=O)cc1.Cl. The Morgan fingerprint density at radius 3 is 2.26 bits per heavy atom. The van der Waals surface area contributed by atoms with Crippen molar-refractivity contribution in [3.63, 3.8) is 0 Å². The van der Waals surface area contributed by atoms with Crippen molar-refractivity contribution in [1.29, 1.82) is 0 Å². The fourth-order valence-corrected chi connectivity index (χ4v) is 2.18. The van der Waals surface area contributed by atoms with Crippen LogP contribution in [-0.2, 0) is 4.79 Å². The number of benzene rings is 1. The Labute approximate surface area is 143 Å². The number of nitrogens with two attached hydrogens (primary N) is 2. The zero-order valence-electron chi connectivity index (χ0n) is 13.5. The van der Waals surface area contributed by atoms with Gasteiger partial charge < -0.3 is 22.1 Å². The van der Waals surface area contributed by atoms with Gasteiger partial charge in [-0.3, -0.25) is 4.79 Å². The van der Waals surface area contributed by atoms with Crippen LogP contribution in [-0.4, -0.2) is 18.5 Å². The summed E-state index contributed by atoms with van der Waals surface area (Å²) in [6, 6.07) is 6.57. The zero-order chi connectivity index (χ0) is 16.4. The van der Waals surface area contributed by atoms with E-state index in [1.807, 2.05) is 19.1 Å². The molecule has 0 radical (unpaired) electrons. The van der Waals surface area contributed by atoms with Gasteiger partial charge in [-0.2, -0.15) is 0 Å². The van der Waals surface area contributed by atoms with Crippen molar-refractivity contribution in [2.75, 3.05) is 11.9 Å². The third kappa shape index (κ3) is 9.05. The highest BCUT2D eigenvalue weighted by atomic mass is 35.5. The minimum atomic E-state index is -0.594. The van der Waals surface area contributed by atoms with Gasteiger partial charge in [0.1, 0.15) is 0 Å². The molecule has 6 nitrogen and oxygen atoms in total. The van der Waals surface area contributed by atoms with Crippen LogP contribution in [0.15, 0.2) is 24.3 Å². The molecule has 0 aromatic heterocycles. The first kappa shape index (κ1) is 21.2. The predicted molar refractivity (Wildman–Crippen MR) is 95.6 cm³/mol. The van der Waals surface area contributed by atoms with Crippen LogP contribution in [0.1, 0.15) is 50.6 Å². The molecule has 0 heterocycles. The van der Waals surface area contributed by atoms with Crippen LogP contribution >= 0.6 is 12.4 Å². The smallest absolute Gasteiger partial charge is 0.316 e. The van der Waals surface area contributed by atoms with Crippen molar-refractivity contribution >= 4 is 30.0 Å². The van der Waals surface area contributed by atoms with Crippen LogP contribution in [0.2, 0.25) is 0 Å². The van der Waals surface area contributed by atoms with E-state index in [4.69, 9.17) is 11.5 Å². The van der Waals surface area contributed by atoms with Gasteiger partial charge in [0, 0.05) is 12.1 Å². The van der Waals surface area contributed by atoms with Crippen molar-refractivity contribution in [3.8, 4) is 0 Å². The quantitative estimate of drug-likeness (QED) is 0.518. The Morgan fingerprint density at radius 2 is 1.70 bits per heavy atom. The van der Waals surface area contributed by atoms with E-state index in [0.29, 0.717) is 18.7 Å². The molecule has 0 saturated heterocycles. The molecular formula is C16H27ClN4O2. The molecule has 7 heteroatoms. The normalized spacial score (nSPS) is 11.2. The number of rotatable bonds is 9. The lowest BCUT2D eigenvalue weighted by atomic mass is 10.1. The van der Waals surface area contributed by atoms with Gasteiger partial charge in [-0.1, -0.05) is 25.0 Å². The number of hydrogen-bond acceptors (Lipinski definition) is 3. The molecule has 1 aromatic carbocycles. The molecule has 0 spiro atoms. The highest BCUT2D eigenvalue weighted by Gasteiger charge is 2.09. The summed E-state index contributed by atoms with van der Waals surface area (Å²) in [5, 5.41) is 5.47. The highest BCUT2D eigenvalue weighted by Crippen LogP contribution is 2.16. The lowest BCUT2D eigenvalue weighted by molar-refractivity contribution is -0.121. The minimum Gasteiger partial charge on any atom is -0.351 e. The molecule has 0 aliphatic rings. The number of amides is 3. The Morgan fingerprint density at radius 1 is 1.09 bits per heavy atom. The second kappa shape index (κ2) is 11.7. The summed E-state index contributed by atoms with van der Waals surface area (Å²) in [6.07, 6.45) is 4.56. The van der Waals surface area contributed by atoms with Crippen LogP contribution < -0.4 is 22.1 Å². The second-order valence-electron chi connectivity index (χ2n) is 5.35. The van der Waals surface area contributed by atoms with Gasteiger partial charge in [-0.25, -0.2) is 4.79 Å². The summed E-state index contributed by atoms with van der Waals surface area (Å²) >= 11 is 0. The summed E-state index contributed by atoms with van der Waals surface area (Å²) in [5.41, 5.74) is 12.1. The monoisotopic (exact) mass is 342 g/mol. The molecule has 0 saturated carbocycles. The molecular weight excluding hydrogens is 316 g/mol. The first-order valence-electron chi connectivity index (χ1n) is 7.68. The van der Waals surface area contributed by atoms with Crippen LogP contribution in [0.25, 0.3) is 0 Å². The molecule has 1 rings (SSSR count). The van der Waals surface area contributed by atoms with E-state index in [2.05, 4.69) is 10.6 Å². The van der Waals surface area contributed by atoms with Crippen molar-refractivity contribution in [3.05, 3.63) is 29.8 Å². The molecule has 6 N–H and O–H groups in total. The van der Waals surface area contributed by atoms with E-state index in [1.54, 1.807) is 12.1 Å². The van der Waals surface area contributed by atoms with Gasteiger partial charge in [0.15, 0.2) is 0 Å². The number of carbonyl (C=O) groups is 2. The first-order valence-corrected chi connectivity index (χ1v) is 7.68. The number of carbonyl (C=O) groups excluding carboxylic acids is 2. The van der Waals surface area contributed by atoms with Gasteiger partial charge in [-0.05, 0) is 44.0 Å². The summed E-state index contributed by atoms with van der Waals surface area (Å²) in [7, 11) is 0. The van der Waals surface area contributed by atoms with Crippen LogP contribution in [0.4, 0.5) is 10.5 Å². The summed E-state index contributed by atoms with van der Waals surface area (Å²) < 4.78 is 0. The van der Waals surface area contributed by atoms with Crippen LogP contribution in [0.3, 0.4) is 0 Å². The van der Waals surface area contributed by atoms with E-state index < -0.39 is 6.03 Å². The van der Waals surface area contributed by atoms with Crippen molar-refractivity contribution in [1.82, 2.24) is 5.32 Å². The Balaban J connectivity index is 0.00000484. The summed E-state index contributed by atoms with van der Waals surface area (Å²) in [6.45, 7) is 2.65. The van der Waals surface area contributed by atoms with Crippen molar-refractivity contribution < 1.29 is 9.59 Å². The number of primary amides is 1. The molecule has 0 fully saturated rings. The maximum atomic E-state index is 11.9. The molecule has 1 atom stereocenters. The lowest BCUT2D eigenvalue weighted by Crippen LogP contribution is -2.26. The summed E-state index contributed by atoms with van der Waals surface area (Å²) in [4.78, 5) is 22.6. The molecule has 130 valence electrons. The zero-order valence-corrected chi connectivity index (χ0v) is 14.3. The maximum Gasteiger partial charge on any atom is 0.316 e. The Kier molecular flexibility index (Phi) is 10.8. The molecule has 1 unspecified atom stereocenters. The number of nitrogens with one attached hydrogen (secondary N) is 2. The first-order chi connectivity index (χ1) is 10.5. The highest BCUT2D eigenvalue weighted by molar-refractivity contribution is 5.87. The Bertz CT molecular complexity index is 479. The average molecular weight is 343 g/mol. The predicted octanol–water partition coefficient (Wildman–Crippen LogP) is 2.69. The fraction of sp³-hybridized carbons (Fsp3) is 0.500. The maximum absolute atomic E-state index is 11.9. The van der Waals surface area contributed by atoms with Crippen molar-refractivity contribution in [2.24, 2.45) is 11.5 Å². The molecule has 0 aliphatic heterocycles. The average Bonchev–Trinajstić information content (AvgIpc) is 2.47. The topological polar surface area (TPSA) is 110 Å². The van der Waals surface area contributed by atoms with E-state index in [-0.39, 0.29) is 24.4 Å². The number of urea groups is 1. The third-order valence-electron chi connectivity index (χ3n) is 3.41. The van der Waals surface area contributed by atoms with Gasteiger partial charge in [0.2, 0.25) is 5.91 Å². The van der Waals surface area contributed by atoms with Gasteiger partial charge in [0.25, 0.3) is 0 Å². The number of unbranched alkanes of at least 4 members (excludes halogenated alkanes) is 3. The van der Waals surface area contributed by atoms with E-state index in [0.717, 1.165) is 31.2 Å². The third-order valence-corrected chi connectivity index (χ3v) is 3.41. The van der Waals surface area contributed by atoms with Crippen LogP contribution in [0.5, 0.6) is 0 Å². The van der Waals surface area contributed by atoms with E-state index in [1.165, 1.54) is 0 Å². The standard InChI is InChI=1S/C16H26N4O2.ClH/c1-12(19-15(21)6-4-2-3-5-11-17)13-7-9-14(10-8-13)20-16(18)22;/h7-10,12H,2-6,11,17H2,1H3,(H,19,21)(H3,18,20,22);1H. The van der Waals surface area contributed by atoms with Gasteiger partial charge in [0.05, 0.1) is 6.04 Å². The molecule has 23 heavy (non-hydrogen) atoms. The van der Waals surface area contributed by atoms with Gasteiger partial charge in [-0.15, -0.1) is 12.4 Å². The van der Waals surface area contributed by atoms with Crippen molar-refractivity contribution in [2.45, 2.75) is 45.1 Å². The molecule has 0 bridgehead atoms. The summed E-state index contributed by atoms with van der Waals surface area (Å²) in [5.74, 6) is 0.0552. The Hall–Kier alpha value is -1.79. The molecule has 3 amide bonds. The number of hydrogen-bond donors (Lipinski definition) is 4. The lowest BCUT2D eigenvalue weighted by Gasteiger charge is -2.15. The number of anilines is 1. The largest absolute Gasteiger partial charge is 0.351 e. The van der Waals surface area contributed by atoms with E-state index >= 15 is 0 Å². The fourth-order valence-electron chi connectivity index (χ4n) is 2.18. The van der Waals surface area contributed by atoms with Crippen LogP contribution in [0, 0.1) is 0 Å².